The molecule has 67 heavy (non-hydrogen) atoms. The maximum absolute atomic E-state index is 13.5. The second-order valence-corrected chi connectivity index (χ2v) is 21.6. The molecule has 0 aromatic rings. The van der Waals surface area contributed by atoms with E-state index in [4.69, 9.17) is 13.8 Å². The van der Waals surface area contributed by atoms with Crippen LogP contribution in [-0.4, -0.2) is 74.3 Å². The summed E-state index contributed by atoms with van der Waals surface area (Å²) in [6, 6.07) is -0.858. The van der Waals surface area contributed by atoms with Crippen molar-refractivity contribution in [3.05, 3.63) is 48.6 Å². The highest BCUT2D eigenvalue weighted by atomic mass is 31.2. The van der Waals surface area contributed by atoms with Crippen LogP contribution in [-0.2, 0) is 27.9 Å². The zero-order chi connectivity index (χ0) is 49.4. The van der Waals surface area contributed by atoms with Crippen molar-refractivity contribution >= 4 is 19.7 Å². The molecule has 0 aliphatic heterocycles. The average molecular weight is 964 g/mol. The van der Waals surface area contributed by atoms with Gasteiger partial charge in [-0.2, -0.15) is 0 Å². The second-order valence-electron chi connectivity index (χ2n) is 20.1. The van der Waals surface area contributed by atoms with Gasteiger partial charge in [-0.25, -0.2) is 4.57 Å². The van der Waals surface area contributed by atoms with E-state index in [1.54, 1.807) is 0 Å². The van der Waals surface area contributed by atoms with Crippen LogP contribution in [0.2, 0.25) is 0 Å². The summed E-state index contributed by atoms with van der Waals surface area (Å²) in [6.07, 6.45) is 56.7. The molecule has 0 bridgehead atoms. The van der Waals surface area contributed by atoms with E-state index in [9.17, 15) is 19.0 Å². The Kier molecular flexibility index (Phi) is 46.2. The zero-order valence-electron chi connectivity index (χ0n) is 44.6. The van der Waals surface area contributed by atoms with Crippen LogP contribution in [0.5, 0.6) is 0 Å². The van der Waals surface area contributed by atoms with Gasteiger partial charge in [0, 0.05) is 12.8 Å². The van der Waals surface area contributed by atoms with Crippen LogP contribution in [0.4, 0.5) is 0 Å². The third-order valence-corrected chi connectivity index (χ3v) is 13.3. The number of nitrogens with zero attached hydrogens (tertiary/aromatic N) is 1. The Balaban J connectivity index is 5.44. The smallest absolute Gasteiger partial charge is 0.456 e. The first-order chi connectivity index (χ1) is 32.4. The number of unbranched alkanes of at least 4 members (excludes halogenated alkanes) is 29. The van der Waals surface area contributed by atoms with Crippen molar-refractivity contribution in [2.45, 2.75) is 264 Å². The number of hydrogen-bond donors (Lipinski definition) is 2. The molecule has 0 radical (unpaired) electrons. The highest BCUT2D eigenvalue weighted by molar-refractivity contribution is 7.47. The first-order valence-corrected chi connectivity index (χ1v) is 29.5. The number of phosphoric ester groups is 1. The number of carbonyl (C=O) groups excluding carboxylic acids is 2. The van der Waals surface area contributed by atoms with Gasteiger partial charge in [0.25, 0.3) is 0 Å². The van der Waals surface area contributed by atoms with Crippen LogP contribution in [0, 0.1) is 0 Å². The topological polar surface area (TPSA) is 111 Å². The van der Waals surface area contributed by atoms with E-state index in [2.05, 4.69) is 62.5 Å². The van der Waals surface area contributed by atoms with Crippen molar-refractivity contribution in [1.82, 2.24) is 5.32 Å². The van der Waals surface area contributed by atoms with Gasteiger partial charge in [-0.05, 0) is 83.1 Å². The minimum atomic E-state index is -4.45. The second kappa shape index (κ2) is 47.6. The highest BCUT2D eigenvalue weighted by Gasteiger charge is 2.30. The predicted molar refractivity (Wildman–Crippen MR) is 286 cm³/mol. The van der Waals surface area contributed by atoms with Crippen LogP contribution in [0.25, 0.3) is 0 Å². The van der Waals surface area contributed by atoms with Crippen molar-refractivity contribution < 1.29 is 37.3 Å². The Hall–Kier alpha value is -2.03. The third-order valence-electron chi connectivity index (χ3n) is 12.3. The molecule has 0 heterocycles. The summed E-state index contributed by atoms with van der Waals surface area (Å²) >= 11 is 0. The minimum Gasteiger partial charge on any atom is -0.456 e. The number of phosphoric acid groups is 1. The quantitative estimate of drug-likeness (QED) is 0.0156. The van der Waals surface area contributed by atoms with Crippen molar-refractivity contribution in [3.63, 3.8) is 0 Å². The standard InChI is InChI=1S/C57H107N2O7P/c1-7-10-13-16-19-22-25-28-29-32-34-37-40-43-46-49-56(60)58-54(53-65-67(62,63)64-52-51-59(4,5)6)55(48-45-42-39-36-33-30-26-23-20-17-14-11-8-2)66-57(61)50-47-44-41-38-35-31-27-24-21-18-15-12-9-3/h19,22,25,28,31,35,45,48,54-55H,7-18,20-21,23-24,26-27,29-30,32-34,36-44,46-47,49-53H2,1-6H3,(H-,58,60,62,63)/p+1/b22-19+,28-25+,35-31-,48-45+. The molecule has 0 aliphatic carbocycles. The van der Waals surface area contributed by atoms with Gasteiger partial charge < -0.3 is 19.4 Å². The summed E-state index contributed by atoms with van der Waals surface area (Å²) in [5.74, 6) is -0.535. The molecule has 9 nitrogen and oxygen atoms in total. The van der Waals surface area contributed by atoms with Gasteiger partial charge in [0.2, 0.25) is 5.91 Å². The maximum atomic E-state index is 13.5. The number of carbonyl (C=O) groups is 2. The molecule has 0 saturated heterocycles. The molecule has 392 valence electrons. The molecule has 3 atom stereocenters. The van der Waals surface area contributed by atoms with E-state index in [-0.39, 0.29) is 31.5 Å². The fourth-order valence-corrected chi connectivity index (χ4v) is 8.60. The van der Waals surface area contributed by atoms with E-state index in [0.29, 0.717) is 23.9 Å². The molecule has 0 fully saturated rings. The summed E-state index contributed by atoms with van der Waals surface area (Å²) in [6.45, 7) is 6.95. The molecular formula is C57H108N2O7P+. The van der Waals surface area contributed by atoms with Crippen molar-refractivity contribution in [2.24, 2.45) is 0 Å². The Morgan fingerprint density at radius 1 is 0.522 bits per heavy atom. The zero-order valence-corrected chi connectivity index (χ0v) is 45.5. The van der Waals surface area contributed by atoms with Gasteiger partial charge >= 0.3 is 13.8 Å². The third kappa shape index (κ3) is 48.8. The monoisotopic (exact) mass is 964 g/mol. The number of esters is 1. The van der Waals surface area contributed by atoms with Gasteiger partial charge in [0.05, 0.1) is 33.8 Å². The Labute approximate surface area is 414 Å². The number of allylic oxidation sites excluding steroid dienone is 7. The Morgan fingerprint density at radius 2 is 0.910 bits per heavy atom. The number of hydrogen-bond acceptors (Lipinski definition) is 6. The molecule has 0 aromatic heterocycles. The normalized spacial score (nSPS) is 14.2. The molecule has 1 amide bonds. The fraction of sp³-hybridized carbons (Fsp3) is 0.825. The SMILES string of the molecule is CCCCC/C=C/C=C/CCCCCCCCC(=O)NC(COP(=O)(O)OCC[N+](C)(C)C)C(/C=C/CCCCCCCCCCCCC)OC(=O)CCCCC/C=C\CCCCCCCC. The lowest BCUT2D eigenvalue weighted by Crippen LogP contribution is -2.47. The lowest BCUT2D eigenvalue weighted by Gasteiger charge is -2.27. The van der Waals surface area contributed by atoms with Gasteiger partial charge in [-0.15, -0.1) is 0 Å². The van der Waals surface area contributed by atoms with Crippen LogP contribution in [0.15, 0.2) is 48.6 Å². The number of amides is 1. The van der Waals surface area contributed by atoms with E-state index in [0.717, 1.165) is 83.5 Å². The molecule has 0 saturated carbocycles. The van der Waals surface area contributed by atoms with Gasteiger partial charge in [0.15, 0.2) is 0 Å². The van der Waals surface area contributed by atoms with Crippen LogP contribution in [0.1, 0.15) is 252 Å². The largest absolute Gasteiger partial charge is 0.472 e. The average Bonchev–Trinajstić information content (AvgIpc) is 3.28. The first kappa shape index (κ1) is 65.0. The minimum absolute atomic E-state index is 0.0355. The lowest BCUT2D eigenvalue weighted by atomic mass is 10.0. The van der Waals surface area contributed by atoms with Crippen molar-refractivity contribution in [2.75, 3.05) is 40.9 Å². The van der Waals surface area contributed by atoms with Crippen molar-refractivity contribution in [3.8, 4) is 0 Å². The van der Waals surface area contributed by atoms with Crippen molar-refractivity contribution in [1.29, 1.82) is 0 Å². The molecular weight excluding hydrogens is 856 g/mol. The number of rotatable bonds is 50. The summed E-state index contributed by atoms with van der Waals surface area (Å²) in [5.41, 5.74) is 0. The maximum Gasteiger partial charge on any atom is 0.472 e. The number of nitrogens with one attached hydrogen (secondary N) is 1. The summed E-state index contributed by atoms with van der Waals surface area (Å²) < 4.78 is 30.6. The van der Waals surface area contributed by atoms with E-state index < -0.39 is 20.0 Å². The van der Waals surface area contributed by atoms with Gasteiger partial charge in [0.1, 0.15) is 19.3 Å². The van der Waals surface area contributed by atoms with E-state index in [1.807, 2.05) is 33.3 Å². The van der Waals surface area contributed by atoms with E-state index in [1.165, 1.54) is 128 Å². The number of quaternary nitrogens is 1. The lowest BCUT2D eigenvalue weighted by molar-refractivity contribution is -0.870. The highest BCUT2D eigenvalue weighted by Crippen LogP contribution is 2.43. The van der Waals surface area contributed by atoms with Gasteiger partial charge in [-0.3, -0.25) is 18.6 Å². The van der Waals surface area contributed by atoms with Crippen LogP contribution in [0.3, 0.4) is 0 Å². The van der Waals surface area contributed by atoms with E-state index >= 15 is 0 Å². The first-order valence-electron chi connectivity index (χ1n) is 28.0. The Bertz CT molecular complexity index is 1290. The molecule has 10 heteroatoms. The molecule has 0 spiro atoms. The summed E-state index contributed by atoms with van der Waals surface area (Å²) in [5, 5.41) is 3.04. The number of likely N-dealkylation sites (N-methyl/N-ethyl adjacent to an activating group) is 1. The molecule has 3 unspecified atom stereocenters. The van der Waals surface area contributed by atoms with Crippen LogP contribution >= 0.6 is 7.82 Å². The fourth-order valence-electron chi connectivity index (χ4n) is 7.87. The summed E-state index contributed by atoms with van der Waals surface area (Å²) in [7, 11) is 1.48. The molecule has 0 rings (SSSR count). The molecule has 0 aliphatic rings. The van der Waals surface area contributed by atoms with Crippen LogP contribution < -0.4 is 5.32 Å². The Morgan fingerprint density at radius 3 is 1.40 bits per heavy atom. The van der Waals surface area contributed by atoms with Gasteiger partial charge in [-0.1, -0.05) is 205 Å². The molecule has 2 N–H and O–H groups in total. The summed E-state index contributed by atoms with van der Waals surface area (Å²) in [4.78, 5) is 37.5. The molecule has 0 aromatic carbocycles. The predicted octanol–water partition coefficient (Wildman–Crippen LogP) is 16.6. The number of ether oxygens (including phenoxy) is 1.